The molecule has 1 amide bonds. The molecule has 2 N–H and O–H groups in total. The summed E-state index contributed by atoms with van der Waals surface area (Å²) in [5.74, 6) is 1.77. The van der Waals surface area contributed by atoms with E-state index in [-0.39, 0.29) is 18.5 Å². The molecular weight excluding hydrogens is 442 g/mol. The zero-order valence-electron chi connectivity index (χ0n) is 18.3. The molecule has 1 aromatic carbocycles. The second-order valence-corrected chi connectivity index (χ2v) is 8.00. The van der Waals surface area contributed by atoms with Gasteiger partial charge in [0.25, 0.3) is 5.91 Å². The van der Waals surface area contributed by atoms with Crippen molar-refractivity contribution < 1.29 is 9.53 Å². The summed E-state index contributed by atoms with van der Waals surface area (Å²) in [5, 5.41) is 6.60. The molecule has 0 saturated carbocycles. The Balaban J connectivity index is 1.55. The van der Waals surface area contributed by atoms with E-state index in [1.54, 1.807) is 31.6 Å². The Morgan fingerprint density at radius 2 is 2.09 bits per heavy atom. The van der Waals surface area contributed by atoms with E-state index in [0.29, 0.717) is 40.5 Å². The fourth-order valence-electron chi connectivity index (χ4n) is 3.59. The molecule has 0 aliphatic carbocycles. The average molecular weight is 467 g/mol. The number of ether oxygens (including phenoxy) is 1. The van der Waals surface area contributed by atoms with Gasteiger partial charge in [-0.15, -0.1) is 0 Å². The van der Waals surface area contributed by atoms with E-state index in [1.807, 2.05) is 12.1 Å². The van der Waals surface area contributed by atoms with Crippen LogP contribution >= 0.6 is 11.6 Å². The van der Waals surface area contributed by atoms with Gasteiger partial charge in [0.05, 0.1) is 18.7 Å². The Labute approximate surface area is 197 Å². The van der Waals surface area contributed by atoms with Gasteiger partial charge in [-0.05, 0) is 43.5 Å². The Kier molecular flexibility index (Phi) is 7.19. The molecule has 0 spiro atoms. The third-order valence-electron chi connectivity index (χ3n) is 5.36. The van der Waals surface area contributed by atoms with E-state index in [2.05, 4.69) is 42.4 Å². The van der Waals surface area contributed by atoms with Gasteiger partial charge in [-0.2, -0.15) is 4.98 Å². The highest BCUT2D eigenvalue weighted by Crippen LogP contribution is 2.27. The van der Waals surface area contributed by atoms with Crippen molar-refractivity contribution in [3.8, 4) is 5.75 Å². The van der Waals surface area contributed by atoms with Crippen molar-refractivity contribution in [1.29, 1.82) is 0 Å². The highest BCUT2D eigenvalue weighted by atomic mass is 35.5. The van der Waals surface area contributed by atoms with Crippen LogP contribution in [0.3, 0.4) is 0 Å². The van der Waals surface area contributed by atoms with Crippen LogP contribution in [-0.4, -0.2) is 45.5 Å². The lowest BCUT2D eigenvalue weighted by molar-refractivity contribution is 0.0950. The van der Waals surface area contributed by atoms with Crippen molar-refractivity contribution >= 4 is 29.3 Å². The first kappa shape index (κ1) is 22.7. The highest BCUT2D eigenvalue weighted by molar-refractivity contribution is 6.32. The lowest BCUT2D eigenvalue weighted by atomic mass is 10.2. The van der Waals surface area contributed by atoms with Crippen molar-refractivity contribution in [2.75, 3.05) is 23.9 Å². The number of amides is 1. The number of methoxy groups -OCH3 is 1. The summed E-state index contributed by atoms with van der Waals surface area (Å²) in [4.78, 5) is 32.4. The zero-order chi connectivity index (χ0) is 23.2. The molecule has 1 saturated heterocycles. The first-order chi connectivity index (χ1) is 16.0. The van der Waals surface area contributed by atoms with Gasteiger partial charge in [0, 0.05) is 37.7 Å². The van der Waals surface area contributed by atoms with E-state index in [9.17, 15) is 4.79 Å². The summed E-state index contributed by atoms with van der Waals surface area (Å²) >= 11 is 6.25. The molecule has 0 bridgehead atoms. The lowest BCUT2D eigenvalue weighted by Gasteiger charge is -2.22. The normalized spacial score (nSPS) is 15.4. The fraction of sp³-hybridized carbons (Fsp3) is 0.304. The summed E-state index contributed by atoms with van der Waals surface area (Å²) in [6.45, 7) is 5.61. The van der Waals surface area contributed by atoms with E-state index in [0.717, 1.165) is 24.9 Å². The number of carbonyl (C=O) groups excluding carboxylic acids is 1. The molecule has 4 rings (SSSR count). The minimum atomic E-state index is -0.322. The largest absolute Gasteiger partial charge is 0.495 e. The first-order valence-corrected chi connectivity index (χ1v) is 11.0. The van der Waals surface area contributed by atoms with E-state index in [1.165, 1.54) is 6.20 Å². The predicted molar refractivity (Wildman–Crippen MR) is 126 cm³/mol. The molecule has 1 aliphatic rings. The van der Waals surface area contributed by atoms with Crippen LogP contribution < -0.4 is 20.3 Å². The molecule has 1 fully saturated rings. The summed E-state index contributed by atoms with van der Waals surface area (Å²) in [6, 6.07) is 7.34. The number of halogens is 1. The number of nitrogens with one attached hydrogen (secondary N) is 2. The number of rotatable bonds is 8. The molecule has 1 atom stereocenters. The maximum absolute atomic E-state index is 12.9. The molecule has 171 valence electrons. The van der Waals surface area contributed by atoms with Crippen molar-refractivity contribution in [3.63, 3.8) is 0 Å². The van der Waals surface area contributed by atoms with Gasteiger partial charge in [0.1, 0.15) is 23.0 Å². The standard InChI is InChI=1S/C23H25ClN7O2/c1-15-5-3-10-31(15)23-29-13-17(22(32)28-14-20-25-8-4-9-26-20)21(30-23)27-12-16-6-7-19(33-2)18(24)11-16/h4,6-9,11,13,15H,1,3,5,10,12,14H2,2H3,(H,28,32)(H,27,29,30)/t15-/m0/s1. The van der Waals surface area contributed by atoms with Crippen LogP contribution in [0.5, 0.6) is 5.75 Å². The number of aromatic nitrogens is 4. The molecule has 9 nitrogen and oxygen atoms in total. The maximum atomic E-state index is 12.9. The van der Waals surface area contributed by atoms with E-state index < -0.39 is 0 Å². The number of carbonyl (C=O) groups is 1. The number of nitrogens with zero attached hydrogens (tertiary/aromatic N) is 5. The van der Waals surface area contributed by atoms with Crippen molar-refractivity contribution in [3.05, 3.63) is 71.8 Å². The lowest BCUT2D eigenvalue weighted by Crippen LogP contribution is -2.30. The Morgan fingerprint density at radius 3 is 2.79 bits per heavy atom. The molecular formula is C23H25ClN7O2. The molecule has 0 unspecified atom stereocenters. The monoisotopic (exact) mass is 466 g/mol. The molecule has 1 aliphatic heterocycles. The van der Waals surface area contributed by atoms with Crippen molar-refractivity contribution in [2.24, 2.45) is 0 Å². The van der Waals surface area contributed by atoms with Crippen LogP contribution in [0.1, 0.15) is 34.6 Å². The summed E-state index contributed by atoms with van der Waals surface area (Å²) < 4.78 is 5.21. The van der Waals surface area contributed by atoms with Gasteiger partial charge in [-0.25, -0.2) is 15.0 Å². The Morgan fingerprint density at radius 1 is 1.27 bits per heavy atom. The SMILES string of the molecule is [CH2][C@H]1CCCN1c1ncc(C(=O)NCc2ncccn2)c(NCc2ccc(OC)c(Cl)c2)n1. The van der Waals surface area contributed by atoms with Crippen LogP contribution in [0.4, 0.5) is 11.8 Å². The van der Waals surface area contributed by atoms with Crippen LogP contribution in [0.2, 0.25) is 5.02 Å². The molecule has 3 aromatic rings. The Bertz CT molecular complexity index is 1110. The fourth-order valence-corrected chi connectivity index (χ4v) is 3.87. The maximum Gasteiger partial charge on any atom is 0.256 e. The molecule has 2 aromatic heterocycles. The van der Waals surface area contributed by atoms with Gasteiger partial charge < -0.3 is 20.3 Å². The van der Waals surface area contributed by atoms with E-state index >= 15 is 0 Å². The van der Waals surface area contributed by atoms with Gasteiger partial charge in [0.15, 0.2) is 0 Å². The zero-order valence-corrected chi connectivity index (χ0v) is 19.0. The molecule has 10 heteroatoms. The molecule has 3 heterocycles. The van der Waals surface area contributed by atoms with Gasteiger partial charge in [-0.3, -0.25) is 4.79 Å². The van der Waals surface area contributed by atoms with Gasteiger partial charge in [0.2, 0.25) is 5.95 Å². The second-order valence-electron chi connectivity index (χ2n) is 7.59. The van der Waals surface area contributed by atoms with E-state index in [4.69, 9.17) is 16.3 Å². The van der Waals surface area contributed by atoms with Gasteiger partial charge in [-0.1, -0.05) is 17.7 Å². The summed E-state index contributed by atoms with van der Waals surface area (Å²) in [5.41, 5.74) is 1.25. The third-order valence-corrected chi connectivity index (χ3v) is 5.65. The first-order valence-electron chi connectivity index (χ1n) is 10.6. The number of anilines is 2. The second kappa shape index (κ2) is 10.4. The van der Waals surface area contributed by atoms with Crippen LogP contribution in [0, 0.1) is 6.92 Å². The average Bonchev–Trinajstić information content (AvgIpc) is 3.27. The minimum Gasteiger partial charge on any atom is -0.495 e. The van der Waals surface area contributed by atoms with Crippen LogP contribution in [-0.2, 0) is 13.1 Å². The third kappa shape index (κ3) is 5.48. The molecule has 1 radical (unpaired) electrons. The Hall–Kier alpha value is -3.46. The molecule has 33 heavy (non-hydrogen) atoms. The number of hydrogen-bond acceptors (Lipinski definition) is 8. The van der Waals surface area contributed by atoms with Gasteiger partial charge >= 0.3 is 0 Å². The highest BCUT2D eigenvalue weighted by Gasteiger charge is 2.24. The minimum absolute atomic E-state index is 0.105. The topological polar surface area (TPSA) is 105 Å². The summed E-state index contributed by atoms with van der Waals surface area (Å²) in [7, 11) is 1.57. The van der Waals surface area contributed by atoms with Crippen molar-refractivity contribution in [2.45, 2.75) is 32.0 Å². The quantitative estimate of drug-likeness (QED) is 0.521. The van der Waals surface area contributed by atoms with Crippen molar-refractivity contribution in [1.82, 2.24) is 25.3 Å². The predicted octanol–water partition coefficient (Wildman–Crippen LogP) is 3.27. The van der Waals surface area contributed by atoms with Crippen LogP contribution in [0.15, 0.2) is 42.9 Å². The summed E-state index contributed by atoms with van der Waals surface area (Å²) in [6.07, 6.45) is 6.81. The van der Waals surface area contributed by atoms with Crippen LogP contribution in [0.25, 0.3) is 0 Å². The number of benzene rings is 1. The smallest absolute Gasteiger partial charge is 0.256 e. The number of hydrogen-bond donors (Lipinski definition) is 2.